The number of non-ortho nitro benzene ring substituents is 1. The van der Waals surface area contributed by atoms with Crippen LogP contribution in [0.15, 0.2) is 93.9 Å². The molecule has 0 spiro atoms. The van der Waals surface area contributed by atoms with Crippen LogP contribution in [0.2, 0.25) is 0 Å². The van der Waals surface area contributed by atoms with Gasteiger partial charge in [0.25, 0.3) is 15.8 Å². The Kier molecular flexibility index (Phi) is 12.3. The molecule has 0 aliphatic carbocycles. The first kappa shape index (κ1) is 42.6. The van der Waals surface area contributed by atoms with Crippen molar-refractivity contribution in [1.82, 2.24) is 4.31 Å². The summed E-state index contributed by atoms with van der Waals surface area (Å²) in [5, 5.41) is 14.4. The summed E-state index contributed by atoms with van der Waals surface area (Å²) in [6.45, 7) is 0.816. The molecule has 2 heterocycles. The fraction of sp³-hybridized carbons (Fsp3) is 0.389. The van der Waals surface area contributed by atoms with Gasteiger partial charge in [-0.2, -0.15) is 25.9 Å². The molecule has 2 aliphatic rings. The van der Waals surface area contributed by atoms with Crippen molar-refractivity contribution in [3.05, 3.63) is 105 Å². The number of carbonyl (C=O) groups is 2. The molecule has 302 valence electrons. The number of fused-ring (bicyclic) bond motifs is 3. The van der Waals surface area contributed by atoms with Crippen LogP contribution in [0.3, 0.4) is 0 Å². The van der Waals surface area contributed by atoms with E-state index in [0.29, 0.717) is 11.3 Å². The first-order chi connectivity index (χ1) is 26.2. The van der Waals surface area contributed by atoms with Crippen LogP contribution in [0.25, 0.3) is 0 Å². The number of hydrogen-bond donors (Lipinski definition) is 1. The highest BCUT2D eigenvalue weighted by Gasteiger charge is 2.51. The minimum absolute atomic E-state index is 0.0441. The second kappa shape index (κ2) is 16.1. The fourth-order valence-electron chi connectivity index (χ4n) is 6.75. The molecule has 1 N–H and O–H groups in total. The predicted molar refractivity (Wildman–Crippen MR) is 195 cm³/mol. The minimum Gasteiger partial charge on any atom is -0.466 e. The minimum atomic E-state index is -5.54. The number of esters is 2. The van der Waals surface area contributed by atoms with Gasteiger partial charge in [-0.15, -0.1) is 11.6 Å². The second-order valence-corrected chi connectivity index (χ2v) is 17.6. The van der Waals surface area contributed by atoms with Gasteiger partial charge in [-0.3, -0.25) is 14.3 Å². The Bertz CT molecular complexity index is 2260. The van der Waals surface area contributed by atoms with Gasteiger partial charge in [0.05, 0.1) is 46.2 Å². The third kappa shape index (κ3) is 8.86. The summed E-state index contributed by atoms with van der Waals surface area (Å²) in [5.41, 5.74) is -1.30. The molecule has 3 atom stereocenters. The maximum Gasteiger partial charge on any atom is 0.490 e. The number of nitro benzene ring substituents is 1. The fourth-order valence-corrected chi connectivity index (χ4v) is 9.65. The average molecular weight is 844 g/mol. The summed E-state index contributed by atoms with van der Waals surface area (Å²) in [6.07, 6.45) is -7.43. The average Bonchev–Trinajstić information content (AvgIpc) is 3.44. The largest absolute Gasteiger partial charge is 0.490 e. The lowest BCUT2D eigenvalue weighted by Gasteiger charge is -2.39. The van der Waals surface area contributed by atoms with Gasteiger partial charge < -0.3 is 14.8 Å². The molecule has 20 heteroatoms. The molecule has 0 saturated carbocycles. The van der Waals surface area contributed by atoms with E-state index in [1.165, 1.54) is 31.2 Å². The Balaban J connectivity index is 1.72. The number of sulfonamides is 1. The number of methoxy groups -OCH3 is 1. The number of aryl methyl sites for hydroxylation is 1. The van der Waals surface area contributed by atoms with Gasteiger partial charge >= 0.3 is 18.1 Å². The van der Waals surface area contributed by atoms with Crippen molar-refractivity contribution >= 4 is 55.1 Å². The highest BCUT2D eigenvalue weighted by molar-refractivity contribution is 7.89. The number of anilines is 1. The molecule has 3 aromatic rings. The van der Waals surface area contributed by atoms with E-state index in [1.807, 2.05) is 0 Å². The quantitative estimate of drug-likeness (QED) is 0.0786. The number of allylic oxidation sites excluding steroid dienone is 1. The molecule has 5 rings (SSSR count). The van der Waals surface area contributed by atoms with Crippen LogP contribution in [0.5, 0.6) is 0 Å². The van der Waals surface area contributed by atoms with E-state index in [-0.39, 0.29) is 22.6 Å². The summed E-state index contributed by atoms with van der Waals surface area (Å²) in [7, 11) is -8.22. The molecule has 3 aromatic carbocycles. The first-order valence-corrected chi connectivity index (χ1v) is 20.3. The van der Waals surface area contributed by atoms with Crippen LogP contribution in [0, 0.1) is 23.0 Å². The summed E-state index contributed by atoms with van der Waals surface area (Å²) >= 11 is 7.43. The van der Waals surface area contributed by atoms with Gasteiger partial charge in [-0.25, -0.2) is 18.0 Å². The lowest BCUT2D eigenvalue weighted by Crippen LogP contribution is -2.51. The standard InChI is InChI=1S/C36H37ClF3N3O11S2/c1-4-34(54-33(45)36(38,39)40)20-24(21-53-56(50,51)27-13-9-23(2)10-14-27)19-28(32(44)52-3)31-35(37,29-7-5-6-8-30(29)41-31)17-18-42(22-34)55(48,49)26-15-11-25(12-16-26)43(46)47/h5-16,24,41H,4,17-22H2,1-3H3/b31-28-/t24-,34+,35?/m1/s1. The Morgan fingerprint density at radius 2 is 1.64 bits per heavy atom. The van der Waals surface area contributed by atoms with Gasteiger partial charge in [0.2, 0.25) is 10.0 Å². The van der Waals surface area contributed by atoms with E-state index >= 15 is 0 Å². The molecule has 0 amide bonds. The number of halogens is 4. The zero-order chi connectivity index (χ0) is 41.3. The molecule has 0 bridgehead atoms. The number of benzene rings is 3. The van der Waals surface area contributed by atoms with Gasteiger partial charge in [0.1, 0.15) is 10.5 Å². The third-order valence-corrected chi connectivity index (χ3v) is 13.4. The van der Waals surface area contributed by atoms with E-state index < -0.39 is 109 Å². The summed E-state index contributed by atoms with van der Waals surface area (Å²) in [4.78, 5) is 34.4. The van der Waals surface area contributed by atoms with Gasteiger partial charge in [0, 0.05) is 29.9 Å². The van der Waals surface area contributed by atoms with Crippen molar-refractivity contribution in [3.8, 4) is 0 Å². The SMILES string of the molecule is CC[C@]1(OC(=O)C(F)(F)F)C[C@H](COS(=O)(=O)c2ccc(C)cc2)C/C(C(=O)OC)=C2/Nc3ccccc3C2(Cl)CCN(S(=O)(=O)c2ccc([N+](=O)[O-])cc2)C1. The molecule has 0 saturated heterocycles. The Labute approximate surface area is 325 Å². The van der Waals surface area contributed by atoms with E-state index in [1.54, 1.807) is 31.2 Å². The lowest BCUT2D eigenvalue weighted by atomic mass is 9.83. The van der Waals surface area contributed by atoms with E-state index in [2.05, 4.69) is 5.32 Å². The van der Waals surface area contributed by atoms with Crippen LogP contribution < -0.4 is 5.32 Å². The molecular weight excluding hydrogens is 807 g/mol. The number of hydrogen-bond acceptors (Lipinski definition) is 12. The second-order valence-electron chi connectivity index (χ2n) is 13.4. The van der Waals surface area contributed by atoms with Gasteiger partial charge in [-0.1, -0.05) is 42.8 Å². The number of alkyl halides is 4. The zero-order valence-electron chi connectivity index (χ0n) is 30.2. The number of rotatable bonds is 10. The molecular formula is C36H37ClF3N3O11S2. The van der Waals surface area contributed by atoms with Crippen LogP contribution in [0.4, 0.5) is 24.5 Å². The van der Waals surface area contributed by atoms with Gasteiger partial charge in [0.15, 0.2) is 0 Å². The first-order valence-electron chi connectivity index (χ1n) is 17.0. The van der Waals surface area contributed by atoms with Crippen LogP contribution in [-0.4, -0.2) is 76.6 Å². The van der Waals surface area contributed by atoms with Gasteiger partial charge in [-0.05, 0) is 68.9 Å². The predicted octanol–water partition coefficient (Wildman–Crippen LogP) is 6.34. The highest BCUT2D eigenvalue weighted by Crippen LogP contribution is 2.52. The van der Waals surface area contributed by atoms with E-state index in [4.69, 9.17) is 25.3 Å². The number of nitro groups is 1. The molecule has 0 fully saturated rings. The van der Waals surface area contributed by atoms with Crippen molar-refractivity contribution in [2.24, 2.45) is 5.92 Å². The van der Waals surface area contributed by atoms with Crippen LogP contribution >= 0.6 is 11.6 Å². The van der Waals surface area contributed by atoms with Crippen molar-refractivity contribution in [2.75, 3.05) is 32.1 Å². The summed E-state index contributed by atoms with van der Waals surface area (Å²) in [5.74, 6) is -4.88. The van der Waals surface area contributed by atoms with Crippen molar-refractivity contribution in [3.63, 3.8) is 0 Å². The number of carbonyl (C=O) groups excluding carboxylic acids is 2. The maximum absolute atomic E-state index is 14.4. The van der Waals surface area contributed by atoms with Crippen LogP contribution in [-0.2, 0) is 48.3 Å². The molecule has 56 heavy (non-hydrogen) atoms. The summed E-state index contributed by atoms with van der Waals surface area (Å²) in [6, 6.07) is 16.0. The maximum atomic E-state index is 14.4. The monoisotopic (exact) mass is 843 g/mol. The van der Waals surface area contributed by atoms with Crippen molar-refractivity contribution in [2.45, 2.75) is 66.0 Å². The highest BCUT2D eigenvalue weighted by atomic mass is 35.5. The normalized spacial score (nSPS) is 23.5. The Hall–Kier alpha value is -4.56. The molecule has 2 aliphatic heterocycles. The lowest BCUT2D eigenvalue weighted by molar-refractivity contribution is -0.384. The summed E-state index contributed by atoms with van der Waals surface area (Å²) < 4.78 is 114. The molecule has 14 nitrogen and oxygen atoms in total. The topological polar surface area (TPSA) is 189 Å². The smallest absolute Gasteiger partial charge is 0.466 e. The van der Waals surface area contributed by atoms with Crippen molar-refractivity contribution in [1.29, 1.82) is 0 Å². The number of nitrogens with zero attached hydrogens (tertiary/aromatic N) is 2. The Morgan fingerprint density at radius 1 is 1.02 bits per heavy atom. The van der Waals surface area contributed by atoms with Crippen LogP contribution in [0.1, 0.15) is 43.7 Å². The molecule has 0 radical (unpaired) electrons. The molecule has 0 aromatic heterocycles. The van der Waals surface area contributed by atoms with E-state index in [0.717, 1.165) is 41.2 Å². The van der Waals surface area contributed by atoms with E-state index in [9.17, 15) is 49.7 Å². The van der Waals surface area contributed by atoms with Crippen molar-refractivity contribution < 1.29 is 58.2 Å². The zero-order valence-corrected chi connectivity index (χ0v) is 32.6. The number of para-hydroxylation sites is 1. The number of nitrogens with one attached hydrogen (secondary N) is 1. The Morgan fingerprint density at radius 3 is 2.23 bits per heavy atom. The number of ether oxygens (including phenoxy) is 2. The molecule has 1 unspecified atom stereocenters. The third-order valence-electron chi connectivity index (χ3n) is 9.71.